The molecule has 0 bridgehead atoms. The minimum Gasteiger partial charge on any atom is -0.375 e. The van der Waals surface area contributed by atoms with Gasteiger partial charge in [0.25, 0.3) is 0 Å². The van der Waals surface area contributed by atoms with E-state index in [9.17, 15) is 0 Å². The van der Waals surface area contributed by atoms with Gasteiger partial charge in [-0.2, -0.15) is 0 Å². The van der Waals surface area contributed by atoms with Gasteiger partial charge in [0, 0.05) is 10.8 Å². The molecule has 0 spiro atoms. The highest BCUT2D eigenvalue weighted by Crippen LogP contribution is 2.29. The molecule has 0 saturated heterocycles. The van der Waals surface area contributed by atoms with Gasteiger partial charge in [-0.05, 0) is 24.4 Å². The molecule has 94 valence electrons. The van der Waals surface area contributed by atoms with E-state index >= 15 is 0 Å². The van der Waals surface area contributed by atoms with Crippen LogP contribution in [0.5, 0.6) is 0 Å². The number of benzene rings is 2. The number of hydrogen-bond donors (Lipinski definition) is 3. The van der Waals surface area contributed by atoms with Gasteiger partial charge in [0.05, 0.1) is 16.7 Å². The van der Waals surface area contributed by atoms with Crippen LogP contribution in [-0.2, 0) is 0 Å². The number of nitrogens with zero attached hydrogens (tertiary/aromatic N) is 1. The Kier molecular flexibility index (Phi) is 2.89. The minimum atomic E-state index is 0.199. The maximum atomic E-state index is 5.47. The number of thiocarbonyl (C=S) groups is 1. The number of hydrazine groups is 1. The van der Waals surface area contributed by atoms with Crippen molar-refractivity contribution in [3.63, 3.8) is 0 Å². The van der Waals surface area contributed by atoms with Gasteiger partial charge in [0.1, 0.15) is 0 Å². The van der Waals surface area contributed by atoms with Gasteiger partial charge in [-0.1, -0.05) is 36.4 Å². The largest absolute Gasteiger partial charge is 0.375 e. The summed E-state index contributed by atoms with van der Waals surface area (Å²) in [5.74, 6) is 0. The molecule has 2 aromatic carbocycles. The Morgan fingerprint density at radius 3 is 2.00 bits per heavy atom. The van der Waals surface area contributed by atoms with Crippen molar-refractivity contribution in [3.05, 3.63) is 48.5 Å². The second kappa shape index (κ2) is 4.70. The third-order valence-electron chi connectivity index (χ3n) is 2.90. The first kappa shape index (κ1) is 11.7. The average molecular weight is 268 g/mol. The molecule has 4 nitrogen and oxygen atoms in total. The number of nitrogens with two attached hydrogens (primary N) is 1. The van der Waals surface area contributed by atoms with E-state index in [0.717, 1.165) is 27.5 Å². The predicted octanol–water partition coefficient (Wildman–Crippen LogP) is 2.55. The monoisotopic (exact) mass is 268 g/mol. The van der Waals surface area contributed by atoms with Crippen molar-refractivity contribution in [1.82, 2.24) is 10.4 Å². The summed E-state index contributed by atoms with van der Waals surface area (Å²) < 4.78 is 0. The van der Waals surface area contributed by atoms with Crippen molar-refractivity contribution in [3.8, 4) is 0 Å². The molecule has 3 rings (SSSR count). The van der Waals surface area contributed by atoms with E-state index in [1.54, 1.807) is 0 Å². The summed E-state index contributed by atoms with van der Waals surface area (Å²) in [5, 5.41) is 2.24. The lowest BCUT2D eigenvalue weighted by molar-refractivity contribution is 1.14. The van der Waals surface area contributed by atoms with E-state index in [-0.39, 0.29) is 5.11 Å². The van der Waals surface area contributed by atoms with Crippen LogP contribution in [0.15, 0.2) is 48.5 Å². The number of hydrogen-bond acceptors (Lipinski definition) is 3. The third-order valence-corrected chi connectivity index (χ3v) is 3.00. The molecular weight excluding hydrogens is 256 g/mol. The lowest BCUT2D eigenvalue weighted by Gasteiger charge is -2.13. The standard InChI is InChI=1S/C14H12N4S/c15-14(19)18-17-13-9-5-1-3-7-11(9)16-12-8-4-2-6-10(12)13/h1-8H,(H,16,17)(H3,15,18,19). The van der Waals surface area contributed by atoms with Crippen LogP contribution in [0, 0.1) is 0 Å². The molecular formula is C14H12N4S. The van der Waals surface area contributed by atoms with Gasteiger partial charge in [-0.25, -0.2) is 4.98 Å². The molecule has 4 N–H and O–H groups in total. The minimum absolute atomic E-state index is 0.199. The highest BCUT2D eigenvalue weighted by molar-refractivity contribution is 7.80. The fraction of sp³-hybridized carbons (Fsp3) is 0. The van der Waals surface area contributed by atoms with Gasteiger partial charge >= 0.3 is 0 Å². The number of aromatic nitrogens is 1. The highest BCUT2D eigenvalue weighted by Gasteiger charge is 2.07. The SMILES string of the molecule is NC(=S)NNc1c2ccccc2nc2ccccc12. The molecule has 0 unspecified atom stereocenters. The number of nitrogens with one attached hydrogen (secondary N) is 2. The molecule has 1 heterocycles. The van der Waals surface area contributed by atoms with Crippen molar-refractivity contribution in [2.45, 2.75) is 0 Å². The van der Waals surface area contributed by atoms with Crippen LogP contribution in [0.2, 0.25) is 0 Å². The topological polar surface area (TPSA) is 63.0 Å². The van der Waals surface area contributed by atoms with Gasteiger partial charge in [0.15, 0.2) is 5.11 Å². The Balaban J connectivity index is 2.29. The summed E-state index contributed by atoms with van der Waals surface area (Å²) in [4.78, 5) is 4.63. The molecule has 0 fully saturated rings. The molecule has 5 heteroatoms. The van der Waals surface area contributed by atoms with E-state index in [1.165, 1.54) is 0 Å². The van der Waals surface area contributed by atoms with Crippen molar-refractivity contribution in [1.29, 1.82) is 0 Å². The average Bonchev–Trinajstić information content (AvgIpc) is 2.43. The molecule has 0 saturated carbocycles. The van der Waals surface area contributed by atoms with Crippen LogP contribution in [0.25, 0.3) is 21.8 Å². The first-order valence-corrected chi connectivity index (χ1v) is 6.25. The van der Waals surface area contributed by atoms with Crippen molar-refractivity contribution < 1.29 is 0 Å². The smallest absolute Gasteiger partial charge is 0.182 e. The lowest BCUT2D eigenvalue weighted by atomic mass is 10.1. The number of para-hydroxylation sites is 2. The molecule has 0 aliphatic carbocycles. The Labute approximate surface area is 115 Å². The number of pyridine rings is 1. The van der Waals surface area contributed by atoms with Gasteiger partial charge in [0.2, 0.25) is 0 Å². The number of rotatable bonds is 2. The summed E-state index contributed by atoms with van der Waals surface area (Å²) in [6, 6.07) is 15.9. The fourth-order valence-corrected chi connectivity index (χ4v) is 2.15. The lowest BCUT2D eigenvalue weighted by Crippen LogP contribution is -2.34. The van der Waals surface area contributed by atoms with Crippen molar-refractivity contribution >= 4 is 44.8 Å². The van der Waals surface area contributed by atoms with Gasteiger partial charge < -0.3 is 5.73 Å². The quantitative estimate of drug-likeness (QED) is 0.379. The first-order valence-electron chi connectivity index (χ1n) is 5.84. The fourth-order valence-electron chi connectivity index (χ4n) is 2.10. The van der Waals surface area contributed by atoms with Gasteiger partial charge in [-0.3, -0.25) is 10.9 Å². The van der Waals surface area contributed by atoms with Crippen LogP contribution in [0.3, 0.4) is 0 Å². The van der Waals surface area contributed by atoms with E-state index in [1.807, 2.05) is 48.5 Å². The molecule has 1 aromatic heterocycles. The summed E-state index contributed by atoms with van der Waals surface area (Å²) >= 11 is 4.83. The molecule has 0 amide bonds. The zero-order valence-corrected chi connectivity index (χ0v) is 10.9. The molecule has 0 atom stereocenters. The van der Waals surface area contributed by atoms with Gasteiger partial charge in [-0.15, -0.1) is 0 Å². The Morgan fingerprint density at radius 1 is 0.947 bits per heavy atom. The van der Waals surface area contributed by atoms with E-state index in [0.29, 0.717) is 0 Å². The maximum absolute atomic E-state index is 5.47. The van der Waals surface area contributed by atoms with Crippen LogP contribution < -0.4 is 16.6 Å². The zero-order chi connectivity index (χ0) is 13.2. The first-order chi connectivity index (χ1) is 9.25. The molecule has 19 heavy (non-hydrogen) atoms. The van der Waals surface area contributed by atoms with E-state index < -0.39 is 0 Å². The molecule has 3 aromatic rings. The predicted molar refractivity (Wildman–Crippen MR) is 82.8 cm³/mol. The van der Waals surface area contributed by atoms with Crippen LogP contribution in [0.1, 0.15) is 0 Å². The summed E-state index contributed by atoms with van der Waals surface area (Å²) in [6.07, 6.45) is 0. The molecule has 0 aliphatic rings. The van der Waals surface area contributed by atoms with Crippen LogP contribution in [-0.4, -0.2) is 10.1 Å². The zero-order valence-electron chi connectivity index (χ0n) is 10.1. The maximum Gasteiger partial charge on any atom is 0.182 e. The number of anilines is 1. The second-order valence-electron chi connectivity index (χ2n) is 4.14. The summed E-state index contributed by atoms with van der Waals surface area (Å²) in [5.41, 5.74) is 14.1. The normalized spacial score (nSPS) is 10.5. The molecule has 0 radical (unpaired) electrons. The van der Waals surface area contributed by atoms with Crippen LogP contribution >= 0.6 is 12.2 Å². The summed E-state index contributed by atoms with van der Waals surface area (Å²) in [7, 11) is 0. The van der Waals surface area contributed by atoms with E-state index in [2.05, 4.69) is 15.8 Å². The van der Waals surface area contributed by atoms with Crippen molar-refractivity contribution in [2.24, 2.45) is 5.73 Å². The van der Waals surface area contributed by atoms with Crippen LogP contribution in [0.4, 0.5) is 5.69 Å². The Hall–Kier alpha value is -2.40. The number of fused-ring (bicyclic) bond motifs is 2. The second-order valence-corrected chi connectivity index (χ2v) is 4.58. The Morgan fingerprint density at radius 2 is 1.47 bits per heavy atom. The highest BCUT2D eigenvalue weighted by atomic mass is 32.1. The summed E-state index contributed by atoms with van der Waals surface area (Å²) in [6.45, 7) is 0. The van der Waals surface area contributed by atoms with Crippen molar-refractivity contribution in [2.75, 3.05) is 5.43 Å². The Bertz CT molecular complexity index is 716. The third kappa shape index (κ3) is 2.15. The molecule has 0 aliphatic heterocycles. The van der Waals surface area contributed by atoms with E-state index in [4.69, 9.17) is 18.0 Å².